The van der Waals surface area contributed by atoms with E-state index in [9.17, 15) is 9.59 Å². The quantitative estimate of drug-likeness (QED) is 0.180. The Labute approximate surface area is 330 Å². The molecule has 4 fully saturated rings. The molecule has 0 N–H and O–H groups in total. The summed E-state index contributed by atoms with van der Waals surface area (Å²) in [5, 5.41) is 1.49. The fourth-order valence-corrected chi connectivity index (χ4v) is 10.4. The summed E-state index contributed by atoms with van der Waals surface area (Å²) in [7, 11) is 0. The molecule has 0 bridgehead atoms. The molecule has 0 radical (unpaired) electrons. The maximum absolute atomic E-state index is 13.6. The molecule has 4 atom stereocenters. The van der Waals surface area contributed by atoms with Crippen molar-refractivity contribution in [3.05, 3.63) is 129 Å². The Morgan fingerprint density at radius 1 is 0.481 bits per heavy atom. The largest absolute Gasteiger partial charge is 0.310 e. The maximum atomic E-state index is 13.6. The van der Waals surface area contributed by atoms with Gasteiger partial charge in [-0.1, -0.05) is 96.7 Å². The Morgan fingerprint density at radius 2 is 0.852 bits per heavy atom. The maximum Gasteiger partial charge on any atom is 0.238 e. The number of fused-ring (bicyclic) bond motifs is 4. The van der Waals surface area contributed by atoms with Gasteiger partial charge in [-0.25, -0.2) is 0 Å². The first-order valence-electron chi connectivity index (χ1n) is 20.2. The summed E-state index contributed by atoms with van der Waals surface area (Å²) in [6.45, 7) is 8.22. The second-order valence-corrected chi connectivity index (χ2v) is 17.2. The monoisotopic (exact) mass is 760 g/mol. The molecule has 0 unspecified atom stereocenters. The van der Waals surface area contributed by atoms with Gasteiger partial charge in [0, 0.05) is 59.4 Å². The van der Waals surface area contributed by atoms with E-state index in [1.165, 1.54) is 87.0 Å². The number of amides is 2. The van der Waals surface area contributed by atoms with Crippen LogP contribution in [0.3, 0.4) is 0 Å². The number of carbonyl (C=O) groups is 2. The van der Waals surface area contributed by atoms with E-state index in [4.69, 9.17) is 23.2 Å². The molecular weight excluding hydrogens is 711 g/mol. The highest BCUT2D eigenvalue weighted by molar-refractivity contribution is 6.30. The number of anilines is 2. The lowest BCUT2D eigenvalue weighted by Crippen LogP contribution is -2.41. The van der Waals surface area contributed by atoms with Gasteiger partial charge in [0.2, 0.25) is 11.8 Å². The third kappa shape index (κ3) is 6.37. The molecule has 8 heteroatoms. The minimum Gasteiger partial charge on any atom is -0.310 e. The van der Waals surface area contributed by atoms with Gasteiger partial charge < -0.3 is 19.6 Å². The van der Waals surface area contributed by atoms with Gasteiger partial charge in [0.05, 0.1) is 10.8 Å². The van der Waals surface area contributed by atoms with Gasteiger partial charge in [0.1, 0.15) is 0 Å². The lowest BCUT2D eigenvalue weighted by atomic mass is 9.92. The molecule has 4 aromatic rings. The van der Waals surface area contributed by atoms with Crippen LogP contribution in [0.2, 0.25) is 10.0 Å². The van der Waals surface area contributed by atoms with Crippen LogP contribution in [0.1, 0.15) is 85.5 Å². The van der Waals surface area contributed by atoms with Crippen molar-refractivity contribution >= 4 is 46.4 Å². The van der Waals surface area contributed by atoms with Crippen molar-refractivity contribution < 1.29 is 9.59 Å². The fourth-order valence-electron chi connectivity index (χ4n) is 10.2. The molecule has 10 rings (SSSR count). The van der Waals surface area contributed by atoms with Gasteiger partial charge >= 0.3 is 0 Å². The van der Waals surface area contributed by atoms with E-state index >= 15 is 0 Å². The van der Waals surface area contributed by atoms with E-state index < -0.39 is 0 Å². The smallest absolute Gasteiger partial charge is 0.238 e. The summed E-state index contributed by atoms with van der Waals surface area (Å²) >= 11 is 12.1. The van der Waals surface area contributed by atoms with Gasteiger partial charge in [0.25, 0.3) is 0 Å². The van der Waals surface area contributed by atoms with Gasteiger partial charge in [-0.15, -0.1) is 0 Å². The standard InChI is InChI=1S/2C23H25ClN2O/c2*24-18-10-8-17(9-11-18)20-16-23(20)19-6-2-3-7-21(19)26(22(23)27)15-14-25-12-4-1-5-13-25/h2*2-3,6-11,20H,1,4-5,12-16H2/t2*20-,23-/m10/s1. The number of hydrogen-bond acceptors (Lipinski definition) is 4. The van der Waals surface area contributed by atoms with Gasteiger partial charge in [-0.05, 0) is 123 Å². The zero-order valence-electron chi connectivity index (χ0n) is 31.1. The summed E-state index contributed by atoms with van der Waals surface area (Å²) in [4.78, 5) is 36.2. The topological polar surface area (TPSA) is 47.1 Å². The van der Waals surface area contributed by atoms with Crippen LogP contribution < -0.4 is 9.80 Å². The molecule has 6 aliphatic rings. The summed E-state index contributed by atoms with van der Waals surface area (Å²) < 4.78 is 0. The average molecular weight is 762 g/mol. The average Bonchev–Trinajstić information content (AvgIpc) is 4.12. The van der Waals surface area contributed by atoms with Crippen molar-refractivity contribution in [2.45, 2.75) is 74.0 Å². The Bertz CT molecular complexity index is 1860. The molecule has 2 saturated heterocycles. The van der Waals surface area contributed by atoms with Crippen molar-refractivity contribution in [2.75, 3.05) is 62.2 Å². The molecule has 2 spiro atoms. The molecule has 0 aromatic heterocycles. The zero-order valence-corrected chi connectivity index (χ0v) is 32.6. The number of benzene rings is 4. The summed E-state index contributed by atoms with van der Waals surface area (Å²) in [6, 6.07) is 32.8. The highest BCUT2D eigenvalue weighted by Gasteiger charge is 2.68. The lowest BCUT2D eigenvalue weighted by molar-refractivity contribution is -0.121. The minimum absolute atomic E-state index is 0.267. The van der Waals surface area contributed by atoms with Crippen LogP contribution in [0.4, 0.5) is 11.4 Å². The molecule has 54 heavy (non-hydrogen) atoms. The second kappa shape index (κ2) is 14.8. The predicted molar refractivity (Wildman–Crippen MR) is 219 cm³/mol. The molecule has 6 nitrogen and oxygen atoms in total. The Morgan fingerprint density at radius 3 is 1.24 bits per heavy atom. The van der Waals surface area contributed by atoms with Crippen LogP contribution >= 0.6 is 23.2 Å². The molecule has 2 aliphatic carbocycles. The molecular formula is C46H50Cl2N4O2. The fraction of sp³-hybridized carbons (Fsp3) is 0.435. The Balaban J connectivity index is 0.000000142. The Hall–Kier alpha value is -3.68. The molecule has 4 heterocycles. The van der Waals surface area contributed by atoms with Crippen LogP contribution in [0, 0.1) is 0 Å². The van der Waals surface area contributed by atoms with E-state index in [1.54, 1.807) is 0 Å². The van der Waals surface area contributed by atoms with Crippen molar-refractivity contribution in [3.63, 3.8) is 0 Å². The van der Waals surface area contributed by atoms with E-state index in [0.29, 0.717) is 11.8 Å². The van der Waals surface area contributed by atoms with Crippen LogP contribution in [-0.2, 0) is 20.4 Å². The summed E-state index contributed by atoms with van der Waals surface area (Å²) in [6.07, 6.45) is 9.64. The number of likely N-dealkylation sites (tertiary alicyclic amines) is 2. The molecule has 4 aliphatic heterocycles. The summed E-state index contributed by atoms with van der Waals surface area (Å²) in [5.41, 5.74) is 6.41. The van der Waals surface area contributed by atoms with Crippen molar-refractivity contribution in [2.24, 2.45) is 0 Å². The van der Waals surface area contributed by atoms with Crippen molar-refractivity contribution in [3.8, 4) is 0 Å². The number of piperidine rings is 2. The number of nitrogens with zero attached hydrogens (tertiary/aromatic N) is 4. The zero-order chi connectivity index (χ0) is 36.9. The van der Waals surface area contributed by atoms with Crippen molar-refractivity contribution in [1.82, 2.24) is 9.80 Å². The first kappa shape index (κ1) is 36.0. The first-order chi connectivity index (χ1) is 26.4. The third-order valence-electron chi connectivity index (χ3n) is 13.2. The number of halogens is 2. The second-order valence-electron chi connectivity index (χ2n) is 16.3. The molecule has 280 valence electrons. The first-order valence-corrected chi connectivity index (χ1v) is 20.9. The van der Waals surface area contributed by atoms with Crippen LogP contribution in [0.15, 0.2) is 97.1 Å². The van der Waals surface area contributed by atoms with Crippen molar-refractivity contribution in [1.29, 1.82) is 0 Å². The highest BCUT2D eigenvalue weighted by atomic mass is 35.5. The van der Waals surface area contributed by atoms with E-state index in [-0.39, 0.29) is 22.7 Å². The Kier molecular flexibility index (Phi) is 9.84. The van der Waals surface area contributed by atoms with E-state index in [0.717, 1.165) is 60.4 Å². The van der Waals surface area contributed by atoms with Gasteiger partial charge in [-0.3, -0.25) is 9.59 Å². The molecule has 4 aromatic carbocycles. The normalized spacial score (nSPS) is 27.2. The number of carbonyl (C=O) groups excluding carboxylic acids is 2. The number of para-hydroxylation sites is 2. The number of hydrogen-bond donors (Lipinski definition) is 0. The predicted octanol–water partition coefficient (Wildman–Crippen LogP) is 9.20. The highest BCUT2D eigenvalue weighted by Crippen LogP contribution is 2.67. The van der Waals surface area contributed by atoms with Gasteiger partial charge in [0.15, 0.2) is 0 Å². The van der Waals surface area contributed by atoms with Crippen LogP contribution in [0.5, 0.6) is 0 Å². The third-order valence-corrected chi connectivity index (χ3v) is 13.8. The minimum atomic E-state index is -0.355. The lowest BCUT2D eigenvalue weighted by Gasteiger charge is -2.28. The van der Waals surface area contributed by atoms with Gasteiger partial charge in [-0.2, -0.15) is 0 Å². The summed E-state index contributed by atoms with van der Waals surface area (Å²) in [5.74, 6) is 1.12. The van der Waals surface area contributed by atoms with Crippen LogP contribution in [0.25, 0.3) is 0 Å². The molecule has 2 amide bonds. The SMILES string of the molecule is O=C1N(CCN2CCCCC2)c2ccccc2[C@@]12C[C@@H]2c1ccc(Cl)cc1.O=C1N(CCN2CCCCC2)c2ccccc2[C@]12C[C@H]2c1ccc(Cl)cc1. The van der Waals surface area contributed by atoms with E-state index in [1.807, 2.05) is 24.3 Å². The van der Waals surface area contributed by atoms with Crippen LogP contribution in [-0.4, -0.2) is 74.0 Å². The number of rotatable bonds is 8. The molecule has 2 saturated carbocycles. The van der Waals surface area contributed by atoms with E-state index in [2.05, 4.69) is 92.4 Å².